The van der Waals surface area contributed by atoms with Crippen molar-refractivity contribution in [3.63, 3.8) is 0 Å². The van der Waals surface area contributed by atoms with Crippen molar-refractivity contribution in [3.8, 4) is 0 Å². The quantitative estimate of drug-likeness (QED) is 0.512. The van der Waals surface area contributed by atoms with Crippen LogP contribution in [0.5, 0.6) is 0 Å². The van der Waals surface area contributed by atoms with Gasteiger partial charge in [-0.15, -0.1) is 0 Å². The van der Waals surface area contributed by atoms with Crippen molar-refractivity contribution in [2.75, 3.05) is 13.6 Å². The molecule has 0 radical (unpaired) electrons. The molecule has 8 heteroatoms. The molecule has 0 unspecified atom stereocenters. The van der Waals surface area contributed by atoms with E-state index in [4.69, 9.17) is 4.42 Å². The number of guanidine groups is 1. The zero-order valence-electron chi connectivity index (χ0n) is 12.7. The third-order valence-electron chi connectivity index (χ3n) is 3.34. The van der Waals surface area contributed by atoms with Crippen LogP contribution in [-0.4, -0.2) is 25.7 Å². The first-order chi connectivity index (χ1) is 10.8. The fourth-order valence-corrected chi connectivity index (χ4v) is 2.12. The average molecular weight is 331 g/mol. The van der Waals surface area contributed by atoms with Crippen molar-refractivity contribution in [3.05, 3.63) is 35.3 Å². The highest BCUT2D eigenvalue weighted by Gasteiger charge is 2.26. The van der Waals surface area contributed by atoms with Gasteiger partial charge in [-0.05, 0) is 25.1 Å². The summed E-state index contributed by atoms with van der Waals surface area (Å²) in [5.41, 5.74) is 1.33. The number of fused-ring (bicyclic) bond motifs is 1. The summed E-state index contributed by atoms with van der Waals surface area (Å²) in [6.45, 7) is 1.75. The van der Waals surface area contributed by atoms with Crippen LogP contribution in [0.15, 0.2) is 27.6 Å². The van der Waals surface area contributed by atoms with E-state index in [1.54, 1.807) is 6.92 Å². The van der Waals surface area contributed by atoms with Crippen molar-refractivity contribution in [2.45, 2.75) is 26.1 Å². The van der Waals surface area contributed by atoms with Gasteiger partial charge in [-0.25, -0.2) is 4.39 Å². The Bertz CT molecular complexity index is 707. The van der Waals surface area contributed by atoms with Crippen LogP contribution in [0, 0.1) is 12.7 Å². The third-order valence-corrected chi connectivity index (χ3v) is 3.34. The number of hydrogen-bond donors (Lipinski definition) is 2. The summed E-state index contributed by atoms with van der Waals surface area (Å²) in [5, 5.41) is 6.12. The van der Waals surface area contributed by atoms with Crippen LogP contribution in [0.2, 0.25) is 0 Å². The number of nitrogens with one attached hydrogen (secondary N) is 2. The molecule has 0 saturated heterocycles. The maximum Gasteiger partial charge on any atom is 0.390 e. The van der Waals surface area contributed by atoms with Crippen molar-refractivity contribution in [1.82, 2.24) is 10.6 Å². The number of furan rings is 1. The van der Waals surface area contributed by atoms with Gasteiger partial charge in [0.25, 0.3) is 0 Å². The van der Waals surface area contributed by atoms with Crippen LogP contribution in [0.3, 0.4) is 0 Å². The summed E-state index contributed by atoms with van der Waals surface area (Å²) >= 11 is 0. The van der Waals surface area contributed by atoms with Gasteiger partial charge in [-0.3, -0.25) is 4.99 Å². The van der Waals surface area contributed by atoms with Gasteiger partial charge in [0.2, 0.25) is 0 Å². The van der Waals surface area contributed by atoms with Gasteiger partial charge in [0.05, 0.1) is 13.0 Å². The molecule has 0 bridgehead atoms. The highest BCUT2D eigenvalue weighted by Crippen LogP contribution is 2.25. The minimum atomic E-state index is -4.22. The molecule has 2 aromatic rings. The Morgan fingerprint density at radius 1 is 1.26 bits per heavy atom. The smallest absolute Gasteiger partial charge is 0.390 e. The Kier molecular flexibility index (Phi) is 5.12. The first-order valence-corrected chi connectivity index (χ1v) is 6.99. The normalized spacial score (nSPS) is 12.7. The van der Waals surface area contributed by atoms with Crippen LogP contribution in [0.25, 0.3) is 11.0 Å². The Hall–Kier alpha value is -2.25. The number of halogens is 4. The Balaban J connectivity index is 1.98. The third kappa shape index (κ3) is 4.61. The van der Waals surface area contributed by atoms with Crippen molar-refractivity contribution in [1.29, 1.82) is 0 Å². The lowest BCUT2D eigenvalue weighted by Gasteiger charge is -2.12. The Labute approximate surface area is 130 Å². The molecule has 23 heavy (non-hydrogen) atoms. The molecule has 126 valence electrons. The van der Waals surface area contributed by atoms with Gasteiger partial charge in [0.15, 0.2) is 5.96 Å². The molecule has 0 spiro atoms. The first-order valence-electron chi connectivity index (χ1n) is 6.99. The zero-order valence-corrected chi connectivity index (χ0v) is 12.7. The van der Waals surface area contributed by atoms with Gasteiger partial charge in [0, 0.05) is 24.5 Å². The van der Waals surface area contributed by atoms with Gasteiger partial charge in [-0.2, -0.15) is 13.2 Å². The topological polar surface area (TPSA) is 49.6 Å². The number of nitrogens with zero attached hydrogens (tertiary/aromatic N) is 1. The number of aliphatic imine (C=N–C) groups is 1. The predicted octanol–water partition coefficient (Wildman–Crippen LogP) is 3.50. The van der Waals surface area contributed by atoms with Crippen LogP contribution in [-0.2, 0) is 6.54 Å². The molecule has 0 amide bonds. The standard InChI is InChI=1S/C15H17F4N3O/c1-9-11-7-10(16)3-4-12(11)23-13(9)8-22-14(20-2)21-6-5-15(17,18)19/h3-4,7H,5-6,8H2,1-2H3,(H2,20,21,22). The average Bonchev–Trinajstić information content (AvgIpc) is 2.78. The van der Waals surface area contributed by atoms with E-state index >= 15 is 0 Å². The lowest BCUT2D eigenvalue weighted by Crippen LogP contribution is -2.38. The van der Waals surface area contributed by atoms with Crippen molar-refractivity contribution in [2.24, 2.45) is 4.99 Å². The van der Waals surface area contributed by atoms with Crippen LogP contribution >= 0.6 is 0 Å². The van der Waals surface area contributed by atoms with E-state index in [0.717, 1.165) is 5.56 Å². The van der Waals surface area contributed by atoms with E-state index in [0.29, 0.717) is 16.7 Å². The molecule has 0 aliphatic rings. The SMILES string of the molecule is CN=C(NCCC(F)(F)F)NCc1oc2ccc(F)cc2c1C. The second-order valence-corrected chi connectivity index (χ2v) is 5.01. The molecule has 0 saturated carbocycles. The predicted molar refractivity (Wildman–Crippen MR) is 79.8 cm³/mol. The Morgan fingerprint density at radius 3 is 2.65 bits per heavy atom. The minimum absolute atomic E-state index is 0.230. The van der Waals surface area contributed by atoms with Crippen LogP contribution < -0.4 is 10.6 Å². The molecule has 0 aliphatic heterocycles. The molecule has 0 atom stereocenters. The summed E-state index contributed by atoms with van der Waals surface area (Å²) in [6, 6.07) is 4.23. The second-order valence-electron chi connectivity index (χ2n) is 5.01. The van der Waals surface area contributed by atoms with E-state index in [-0.39, 0.29) is 24.9 Å². The van der Waals surface area contributed by atoms with Crippen LogP contribution in [0.4, 0.5) is 17.6 Å². The van der Waals surface area contributed by atoms with E-state index in [9.17, 15) is 17.6 Å². The Morgan fingerprint density at radius 2 is 2.00 bits per heavy atom. The number of aryl methyl sites for hydroxylation is 1. The molecule has 1 aromatic carbocycles. The second kappa shape index (κ2) is 6.89. The van der Waals surface area contributed by atoms with Crippen molar-refractivity contribution < 1.29 is 22.0 Å². The van der Waals surface area contributed by atoms with Gasteiger partial charge in [-0.1, -0.05) is 0 Å². The molecule has 1 heterocycles. The summed E-state index contributed by atoms with van der Waals surface area (Å²) < 4.78 is 55.2. The first kappa shape index (κ1) is 17.1. The molecule has 2 rings (SSSR count). The molecule has 4 nitrogen and oxygen atoms in total. The summed E-state index contributed by atoms with van der Waals surface area (Å²) in [5.74, 6) is 0.454. The maximum atomic E-state index is 13.3. The summed E-state index contributed by atoms with van der Waals surface area (Å²) in [4.78, 5) is 3.85. The van der Waals surface area contributed by atoms with E-state index < -0.39 is 12.6 Å². The molecule has 0 fully saturated rings. The van der Waals surface area contributed by atoms with Crippen LogP contribution in [0.1, 0.15) is 17.7 Å². The van der Waals surface area contributed by atoms with Crippen molar-refractivity contribution >= 4 is 16.9 Å². The van der Waals surface area contributed by atoms with Gasteiger partial charge < -0.3 is 15.1 Å². The minimum Gasteiger partial charge on any atom is -0.459 e. The molecular formula is C15H17F4N3O. The fourth-order valence-electron chi connectivity index (χ4n) is 2.12. The number of rotatable bonds is 4. The number of alkyl halides is 3. The monoisotopic (exact) mass is 331 g/mol. The highest BCUT2D eigenvalue weighted by molar-refractivity contribution is 5.83. The number of hydrogen-bond acceptors (Lipinski definition) is 2. The molecule has 0 aliphatic carbocycles. The van der Waals surface area contributed by atoms with E-state index in [2.05, 4.69) is 15.6 Å². The lowest BCUT2D eigenvalue weighted by molar-refractivity contribution is -0.132. The van der Waals surface area contributed by atoms with Gasteiger partial charge >= 0.3 is 6.18 Å². The molecule has 2 N–H and O–H groups in total. The molecular weight excluding hydrogens is 314 g/mol. The summed E-state index contributed by atoms with van der Waals surface area (Å²) in [6.07, 6.45) is -5.16. The molecule has 1 aromatic heterocycles. The number of benzene rings is 1. The fraction of sp³-hybridized carbons (Fsp3) is 0.400. The van der Waals surface area contributed by atoms with E-state index in [1.807, 2.05) is 0 Å². The largest absolute Gasteiger partial charge is 0.459 e. The zero-order chi connectivity index (χ0) is 17.0. The van der Waals surface area contributed by atoms with Gasteiger partial charge in [0.1, 0.15) is 17.2 Å². The van der Waals surface area contributed by atoms with E-state index in [1.165, 1.54) is 25.2 Å². The summed E-state index contributed by atoms with van der Waals surface area (Å²) in [7, 11) is 1.46. The maximum absolute atomic E-state index is 13.3. The highest BCUT2D eigenvalue weighted by atomic mass is 19.4. The lowest BCUT2D eigenvalue weighted by atomic mass is 10.1.